The number of anilines is 1. The number of nitrogens with zero attached hydrogens (tertiary/aromatic N) is 4. The Balaban J connectivity index is 2.11. The van der Waals surface area contributed by atoms with Crippen LogP contribution in [0.4, 0.5) is 5.82 Å². The zero-order valence-corrected chi connectivity index (χ0v) is 9.68. The molecule has 0 aliphatic carbocycles. The fourth-order valence-electron chi connectivity index (χ4n) is 0.891. The summed E-state index contributed by atoms with van der Waals surface area (Å²) in [6, 6.07) is 0. The van der Waals surface area contributed by atoms with Crippen molar-refractivity contribution in [1.82, 2.24) is 19.3 Å². The molecule has 2 rings (SSSR count). The molecule has 15 heavy (non-hydrogen) atoms. The Morgan fingerprint density at radius 3 is 2.87 bits per heavy atom. The molecule has 0 bridgehead atoms. The SMILES string of the molecule is CCc1nsc(Sc2cnc(N)cn2)n1. The average molecular weight is 239 g/mol. The number of hydrogen-bond acceptors (Lipinski definition) is 7. The predicted molar refractivity (Wildman–Crippen MR) is 59.9 cm³/mol. The van der Waals surface area contributed by atoms with Gasteiger partial charge >= 0.3 is 0 Å². The Hall–Kier alpha value is -1.21. The second-order valence-electron chi connectivity index (χ2n) is 2.71. The largest absolute Gasteiger partial charge is 0.382 e. The first-order valence-electron chi connectivity index (χ1n) is 4.36. The topological polar surface area (TPSA) is 77.6 Å². The summed E-state index contributed by atoms with van der Waals surface area (Å²) in [5.41, 5.74) is 5.44. The van der Waals surface area contributed by atoms with E-state index in [0.29, 0.717) is 5.82 Å². The second-order valence-corrected chi connectivity index (χ2v) is 4.73. The number of nitrogens with two attached hydrogens (primary N) is 1. The van der Waals surface area contributed by atoms with Crippen LogP contribution in [0.5, 0.6) is 0 Å². The molecule has 0 aromatic carbocycles. The molecule has 0 fully saturated rings. The zero-order valence-electron chi connectivity index (χ0n) is 8.04. The van der Waals surface area contributed by atoms with Crippen LogP contribution in [0, 0.1) is 0 Å². The van der Waals surface area contributed by atoms with Crippen LogP contribution in [-0.4, -0.2) is 19.3 Å². The fraction of sp³-hybridized carbons (Fsp3) is 0.250. The second kappa shape index (κ2) is 4.54. The molecule has 0 amide bonds. The van der Waals surface area contributed by atoms with E-state index in [-0.39, 0.29) is 0 Å². The summed E-state index contributed by atoms with van der Waals surface area (Å²) in [7, 11) is 0. The zero-order chi connectivity index (χ0) is 10.7. The van der Waals surface area contributed by atoms with E-state index in [0.717, 1.165) is 21.6 Å². The lowest BCUT2D eigenvalue weighted by Gasteiger charge is -1.95. The Labute approximate surface area is 95.3 Å². The number of aromatic nitrogens is 4. The molecular formula is C8H9N5S2. The molecule has 0 spiro atoms. The summed E-state index contributed by atoms with van der Waals surface area (Å²) in [5.74, 6) is 1.29. The van der Waals surface area contributed by atoms with Gasteiger partial charge in [0.15, 0.2) is 4.34 Å². The van der Waals surface area contributed by atoms with Crippen molar-refractivity contribution in [2.24, 2.45) is 0 Å². The minimum atomic E-state index is 0.422. The van der Waals surface area contributed by atoms with Crippen molar-refractivity contribution in [3.8, 4) is 0 Å². The van der Waals surface area contributed by atoms with Crippen molar-refractivity contribution in [3.05, 3.63) is 18.2 Å². The summed E-state index contributed by atoms with van der Waals surface area (Å²) in [6.45, 7) is 2.03. The molecule has 0 aliphatic rings. The summed E-state index contributed by atoms with van der Waals surface area (Å²) >= 11 is 2.82. The summed E-state index contributed by atoms with van der Waals surface area (Å²) in [5, 5.41) is 0.781. The fourth-order valence-corrected chi connectivity index (χ4v) is 2.45. The number of nitrogen functional groups attached to an aromatic ring is 1. The van der Waals surface area contributed by atoms with Crippen LogP contribution in [-0.2, 0) is 6.42 Å². The van der Waals surface area contributed by atoms with E-state index in [9.17, 15) is 0 Å². The molecule has 0 radical (unpaired) electrons. The van der Waals surface area contributed by atoms with E-state index >= 15 is 0 Å². The van der Waals surface area contributed by atoms with Crippen LogP contribution in [0.15, 0.2) is 21.8 Å². The van der Waals surface area contributed by atoms with Crippen LogP contribution in [0.3, 0.4) is 0 Å². The third-order valence-electron chi connectivity index (χ3n) is 1.61. The van der Waals surface area contributed by atoms with E-state index in [4.69, 9.17) is 5.73 Å². The number of hydrogen-bond donors (Lipinski definition) is 1. The van der Waals surface area contributed by atoms with E-state index in [1.54, 1.807) is 6.20 Å². The first kappa shape index (κ1) is 10.3. The molecule has 0 saturated carbocycles. The third kappa shape index (κ3) is 2.63. The summed E-state index contributed by atoms with van der Waals surface area (Å²) < 4.78 is 5.07. The maximum absolute atomic E-state index is 5.44. The van der Waals surface area contributed by atoms with Gasteiger partial charge in [-0.3, -0.25) is 0 Å². The average Bonchev–Trinajstić information content (AvgIpc) is 2.69. The molecule has 2 aromatic rings. The Morgan fingerprint density at radius 1 is 1.40 bits per heavy atom. The minimum absolute atomic E-state index is 0.422. The van der Waals surface area contributed by atoms with Crippen LogP contribution < -0.4 is 5.73 Å². The van der Waals surface area contributed by atoms with Crippen molar-refractivity contribution in [1.29, 1.82) is 0 Å². The smallest absolute Gasteiger partial charge is 0.176 e. The Morgan fingerprint density at radius 2 is 2.27 bits per heavy atom. The Kier molecular flexibility index (Phi) is 3.12. The summed E-state index contributed by atoms with van der Waals surface area (Å²) in [4.78, 5) is 12.4. The number of aryl methyl sites for hydroxylation is 1. The van der Waals surface area contributed by atoms with Gasteiger partial charge in [0.1, 0.15) is 16.7 Å². The van der Waals surface area contributed by atoms with Crippen LogP contribution in [0.1, 0.15) is 12.7 Å². The standard InChI is InChI=1S/C8H9N5S2/c1-2-6-12-8(15-13-6)14-7-4-10-5(9)3-11-7/h3-4H,2H2,1H3,(H2,9,10). The van der Waals surface area contributed by atoms with E-state index in [1.807, 2.05) is 6.92 Å². The minimum Gasteiger partial charge on any atom is -0.382 e. The molecule has 7 heteroatoms. The van der Waals surface area contributed by atoms with Crippen molar-refractivity contribution in [2.45, 2.75) is 22.7 Å². The highest BCUT2D eigenvalue weighted by molar-refractivity contribution is 8.00. The maximum Gasteiger partial charge on any atom is 0.176 e. The van der Waals surface area contributed by atoms with Crippen LogP contribution in [0.2, 0.25) is 0 Å². The van der Waals surface area contributed by atoms with E-state index in [1.165, 1.54) is 29.5 Å². The first-order valence-corrected chi connectivity index (χ1v) is 5.95. The van der Waals surface area contributed by atoms with Gasteiger partial charge in [0.2, 0.25) is 0 Å². The van der Waals surface area contributed by atoms with Crippen molar-refractivity contribution < 1.29 is 0 Å². The normalized spacial score (nSPS) is 10.5. The lowest BCUT2D eigenvalue weighted by molar-refractivity contribution is 0.969. The van der Waals surface area contributed by atoms with Crippen molar-refractivity contribution >= 4 is 29.1 Å². The Bertz CT molecular complexity index is 439. The summed E-state index contributed by atoms with van der Waals surface area (Å²) in [6.07, 6.45) is 4.02. The van der Waals surface area contributed by atoms with E-state index in [2.05, 4.69) is 19.3 Å². The van der Waals surface area contributed by atoms with Gasteiger partial charge in [-0.05, 0) is 23.3 Å². The molecule has 0 unspecified atom stereocenters. The molecular weight excluding hydrogens is 230 g/mol. The molecule has 2 aromatic heterocycles. The van der Waals surface area contributed by atoms with Gasteiger partial charge in [0.05, 0.1) is 12.4 Å². The maximum atomic E-state index is 5.44. The van der Waals surface area contributed by atoms with Gasteiger partial charge in [0.25, 0.3) is 0 Å². The molecule has 0 aliphatic heterocycles. The van der Waals surface area contributed by atoms with Gasteiger partial charge in [-0.1, -0.05) is 6.92 Å². The van der Waals surface area contributed by atoms with Crippen molar-refractivity contribution in [3.63, 3.8) is 0 Å². The molecule has 2 heterocycles. The highest BCUT2D eigenvalue weighted by Crippen LogP contribution is 2.26. The number of rotatable bonds is 3. The highest BCUT2D eigenvalue weighted by Gasteiger charge is 2.05. The molecule has 0 atom stereocenters. The first-order chi connectivity index (χ1) is 7.28. The third-order valence-corrected chi connectivity index (χ3v) is 3.31. The molecule has 0 saturated heterocycles. The van der Waals surface area contributed by atoms with Crippen LogP contribution in [0.25, 0.3) is 0 Å². The lowest BCUT2D eigenvalue weighted by Crippen LogP contribution is -1.91. The van der Waals surface area contributed by atoms with Gasteiger partial charge in [-0.25, -0.2) is 15.0 Å². The molecule has 5 nitrogen and oxygen atoms in total. The lowest BCUT2D eigenvalue weighted by atomic mass is 10.5. The van der Waals surface area contributed by atoms with Gasteiger partial charge < -0.3 is 5.73 Å². The van der Waals surface area contributed by atoms with E-state index < -0.39 is 0 Å². The highest BCUT2D eigenvalue weighted by atomic mass is 32.2. The van der Waals surface area contributed by atoms with Gasteiger partial charge in [-0.2, -0.15) is 4.37 Å². The van der Waals surface area contributed by atoms with Crippen LogP contribution >= 0.6 is 23.3 Å². The van der Waals surface area contributed by atoms with Gasteiger partial charge in [-0.15, -0.1) is 0 Å². The monoisotopic (exact) mass is 239 g/mol. The molecule has 78 valence electrons. The predicted octanol–water partition coefficient (Wildman–Crippen LogP) is 1.62. The van der Waals surface area contributed by atoms with Gasteiger partial charge in [0, 0.05) is 6.42 Å². The quantitative estimate of drug-likeness (QED) is 0.877. The van der Waals surface area contributed by atoms with Crippen molar-refractivity contribution in [2.75, 3.05) is 5.73 Å². The molecule has 2 N–H and O–H groups in total.